The number of hydrogen-bond acceptors (Lipinski definition) is 3. The minimum Gasteiger partial charge on any atom is -0.325 e. The van der Waals surface area contributed by atoms with Crippen molar-refractivity contribution in [2.75, 3.05) is 11.1 Å². The van der Waals surface area contributed by atoms with Crippen molar-refractivity contribution in [1.29, 1.82) is 0 Å². The second-order valence-corrected chi connectivity index (χ2v) is 4.51. The molecule has 0 bridgehead atoms. The molecule has 0 spiro atoms. The highest BCUT2D eigenvalue weighted by molar-refractivity contribution is 7.81. The molecule has 1 N–H and O–H groups in total. The molecule has 4 heteroatoms. The largest absolute Gasteiger partial charge is 0.325 e. The lowest BCUT2D eigenvalue weighted by Gasteiger charge is -2.11. The number of aliphatic imine (C=N–C) groups is 1. The molecule has 0 fully saturated rings. The molecule has 2 aromatic carbocycles. The van der Waals surface area contributed by atoms with Gasteiger partial charge in [0, 0.05) is 17.3 Å². The minimum absolute atomic E-state index is 0.0982. The monoisotopic (exact) mass is 256 g/mol. The number of fused-ring (bicyclic) bond motifs is 1. The molecule has 3 nitrogen and oxygen atoms in total. The molecule has 0 aliphatic carbocycles. The van der Waals surface area contributed by atoms with Gasteiger partial charge < -0.3 is 5.32 Å². The van der Waals surface area contributed by atoms with Gasteiger partial charge in [0.25, 0.3) is 0 Å². The van der Waals surface area contributed by atoms with Crippen LogP contribution in [0.4, 0.5) is 5.69 Å². The predicted octanol–water partition coefficient (Wildman–Crippen LogP) is 2.83. The van der Waals surface area contributed by atoms with Crippen LogP contribution in [0.3, 0.4) is 0 Å². The fourth-order valence-electron chi connectivity index (χ4n) is 2.08. The first kappa shape index (κ1) is 11.3. The molecular formula is C14H12N2OS. The van der Waals surface area contributed by atoms with Crippen LogP contribution in [0.15, 0.2) is 41.4 Å². The second kappa shape index (κ2) is 4.46. The molecule has 1 amide bonds. The van der Waals surface area contributed by atoms with Gasteiger partial charge in [-0.1, -0.05) is 30.3 Å². The summed E-state index contributed by atoms with van der Waals surface area (Å²) >= 11 is 3.97. The second-order valence-electron chi connectivity index (χ2n) is 4.20. The summed E-state index contributed by atoms with van der Waals surface area (Å²) in [4.78, 5) is 15.6. The van der Waals surface area contributed by atoms with Crippen molar-refractivity contribution in [2.24, 2.45) is 4.99 Å². The highest BCUT2D eigenvalue weighted by Crippen LogP contribution is 2.34. The van der Waals surface area contributed by atoms with Gasteiger partial charge in [0.2, 0.25) is 5.91 Å². The Labute approximate surface area is 110 Å². The summed E-state index contributed by atoms with van der Waals surface area (Å²) in [5.74, 6) is 0.0841. The Morgan fingerprint density at radius 3 is 2.61 bits per heavy atom. The first-order chi connectivity index (χ1) is 8.79. The van der Waals surface area contributed by atoms with Crippen molar-refractivity contribution in [3.8, 4) is 0 Å². The van der Waals surface area contributed by atoms with Crippen molar-refractivity contribution >= 4 is 41.2 Å². The van der Waals surface area contributed by atoms with Crippen molar-refractivity contribution in [3.63, 3.8) is 0 Å². The van der Waals surface area contributed by atoms with Crippen LogP contribution < -0.4 is 5.32 Å². The van der Waals surface area contributed by atoms with Crippen molar-refractivity contribution in [3.05, 3.63) is 42.0 Å². The van der Waals surface area contributed by atoms with Gasteiger partial charge in [-0.3, -0.25) is 9.79 Å². The molecule has 1 heterocycles. The number of amides is 1. The maximum Gasteiger partial charge on any atom is 0.234 e. The molecule has 0 radical (unpaired) electrons. The summed E-state index contributed by atoms with van der Waals surface area (Å²) in [5.41, 5.74) is 2.02. The highest BCUT2D eigenvalue weighted by Gasteiger charge is 2.19. The molecule has 1 unspecified atom stereocenters. The molecule has 1 aliphatic heterocycles. The zero-order valence-electron chi connectivity index (χ0n) is 9.63. The SMILES string of the molecule is O=C(CS)Nc1ccc(C2C=N2)c2ccccc12. The van der Waals surface area contributed by atoms with Crippen molar-refractivity contribution in [2.45, 2.75) is 6.04 Å². The number of hydrogen-bond donors (Lipinski definition) is 2. The number of carbonyl (C=O) groups is 1. The zero-order chi connectivity index (χ0) is 12.5. The fourth-order valence-corrected chi connectivity index (χ4v) is 2.16. The van der Waals surface area contributed by atoms with E-state index in [1.807, 2.05) is 36.5 Å². The van der Waals surface area contributed by atoms with E-state index in [9.17, 15) is 4.79 Å². The lowest BCUT2D eigenvalue weighted by atomic mass is 10.0. The smallest absolute Gasteiger partial charge is 0.234 e. The molecule has 3 rings (SSSR count). The van der Waals surface area contributed by atoms with Crippen LogP contribution >= 0.6 is 12.6 Å². The van der Waals surface area contributed by atoms with E-state index in [2.05, 4.69) is 29.0 Å². The van der Waals surface area contributed by atoms with E-state index in [0.717, 1.165) is 16.5 Å². The lowest BCUT2D eigenvalue weighted by Crippen LogP contribution is -2.13. The Bertz CT molecular complexity index is 645. The molecule has 0 saturated carbocycles. The summed E-state index contributed by atoms with van der Waals surface area (Å²) in [7, 11) is 0. The molecule has 1 aliphatic rings. The van der Waals surface area contributed by atoms with Gasteiger partial charge in [-0.15, -0.1) is 0 Å². The van der Waals surface area contributed by atoms with E-state index in [4.69, 9.17) is 0 Å². The number of nitrogens with one attached hydrogen (secondary N) is 1. The van der Waals surface area contributed by atoms with E-state index < -0.39 is 0 Å². The van der Waals surface area contributed by atoms with Crippen LogP contribution in [-0.2, 0) is 4.79 Å². The number of rotatable bonds is 3. The van der Waals surface area contributed by atoms with Gasteiger partial charge in [0.1, 0.15) is 6.04 Å². The van der Waals surface area contributed by atoms with Crippen molar-refractivity contribution < 1.29 is 4.79 Å². The quantitative estimate of drug-likeness (QED) is 0.815. The van der Waals surface area contributed by atoms with Crippen molar-refractivity contribution in [1.82, 2.24) is 0 Å². The van der Waals surface area contributed by atoms with Crippen LogP contribution in [0, 0.1) is 0 Å². The lowest BCUT2D eigenvalue weighted by molar-refractivity contribution is -0.113. The van der Waals surface area contributed by atoms with Gasteiger partial charge in [-0.2, -0.15) is 12.6 Å². The summed E-state index contributed by atoms with van der Waals surface area (Å²) in [6, 6.07) is 12.2. The Morgan fingerprint density at radius 2 is 1.94 bits per heavy atom. The van der Waals surface area contributed by atoms with Crippen LogP contribution in [0.25, 0.3) is 10.8 Å². The van der Waals surface area contributed by atoms with Gasteiger partial charge in [-0.05, 0) is 17.0 Å². The topological polar surface area (TPSA) is 41.5 Å². The summed E-state index contributed by atoms with van der Waals surface area (Å²) in [6.07, 6.45) is 1.92. The normalized spacial score (nSPS) is 16.8. The molecule has 0 aromatic heterocycles. The number of benzene rings is 2. The average Bonchev–Trinajstić information content (AvgIpc) is 3.23. The molecule has 90 valence electrons. The summed E-state index contributed by atoms with van der Waals surface area (Å²) in [5, 5.41) is 5.04. The minimum atomic E-state index is -0.0982. The van der Waals surface area contributed by atoms with Gasteiger partial charge in [0.05, 0.1) is 5.75 Å². The van der Waals surface area contributed by atoms with Crippen LogP contribution in [0.5, 0.6) is 0 Å². The number of nitrogens with zero attached hydrogens (tertiary/aromatic N) is 1. The third-order valence-electron chi connectivity index (χ3n) is 2.99. The maximum atomic E-state index is 11.4. The van der Waals surface area contributed by atoms with Crippen LogP contribution in [0.2, 0.25) is 0 Å². The Morgan fingerprint density at radius 1 is 1.22 bits per heavy atom. The van der Waals surface area contributed by atoms with Gasteiger partial charge >= 0.3 is 0 Å². The molecule has 18 heavy (non-hydrogen) atoms. The van der Waals surface area contributed by atoms with Crippen LogP contribution in [0.1, 0.15) is 11.6 Å². The maximum absolute atomic E-state index is 11.4. The van der Waals surface area contributed by atoms with Gasteiger partial charge in [-0.25, -0.2) is 0 Å². The van der Waals surface area contributed by atoms with Crippen LogP contribution in [-0.4, -0.2) is 17.9 Å². The Balaban J connectivity index is 2.10. The van der Waals surface area contributed by atoms with E-state index in [1.165, 1.54) is 5.56 Å². The molecular weight excluding hydrogens is 244 g/mol. The summed E-state index contributed by atoms with van der Waals surface area (Å²) in [6.45, 7) is 0. The zero-order valence-corrected chi connectivity index (χ0v) is 10.5. The summed E-state index contributed by atoms with van der Waals surface area (Å²) < 4.78 is 0. The number of carbonyl (C=O) groups excluding carboxylic acids is 1. The standard InChI is InChI=1S/C14H12N2OS/c17-14(8-18)16-12-6-5-11(13-7-15-13)9-3-1-2-4-10(9)12/h1-7,13,18H,8H2,(H,16,17). The molecule has 1 atom stereocenters. The third kappa shape index (κ3) is 1.99. The van der Waals surface area contributed by atoms with E-state index in [1.54, 1.807) is 0 Å². The predicted molar refractivity (Wildman–Crippen MR) is 77.7 cm³/mol. The number of thiol groups is 1. The van der Waals surface area contributed by atoms with E-state index >= 15 is 0 Å². The van der Waals surface area contributed by atoms with Gasteiger partial charge in [0.15, 0.2) is 0 Å². The first-order valence-corrected chi connectivity index (χ1v) is 6.38. The van der Waals surface area contributed by atoms with E-state index in [0.29, 0.717) is 0 Å². The Kier molecular flexibility index (Phi) is 2.80. The molecule has 2 aromatic rings. The highest BCUT2D eigenvalue weighted by atomic mass is 32.1. The average molecular weight is 256 g/mol. The first-order valence-electron chi connectivity index (χ1n) is 5.75. The van der Waals surface area contributed by atoms with E-state index in [-0.39, 0.29) is 17.7 Å². The molecule has 0 saturated heterocycles. The third-order valence-corrected chi connectivity index (χ3v) is 3.28. The Hall–Kier alpha value is -1.81. The number of anilines is 1. The fraction of sp³-hybridized carbons (Fsp3) is 0.143.